The van der Waals surface area contributed by atoms with E-state index in [9.17, 15) is 4.79 Å². The average Bonchev–Trinajstić information content (AvgIpc) is 2.98. The molecule has 3 heteroatoms. The van der Waals surface area contributed by atoms with E-state index in [1.807, 2.05) is 30.3 Å². The Kier molecular flexibility index (Phi) is 3.97. The van der Waals surface area contributed by atoms with Gasteiger partial charge in [0.05, 0.1) is 4.88 Å². The van der Waals surface area contributed by atoms with E-state index in [4.69, 9.17) is 0 Å². The Balaban J connectivity index is 1.75. The van der Waals surface area contributed by atoms with Crippen molar-refractivity contribution >= 4 is 17.1 Å². The second-order valence-corrected chi connectivity index (χ2v) is 6.75. The molecule has 0 unspecified atom stereocenters. The highest BCUT2D eigenvalue weighted by Gasteiger charge is 2.26. The Labute approximate surface area is 123 Å². The number of hydrogen-bond donors (Lipinski definition) is 0. The Hall–Kier alpha value is -1.48. The minimum Gasteiger partial charge on any atom is -0.293 e. The second-order valence-electron chi connectivity index (χ2n) is 5.72. The van der Waals surface area contributed by atoms with Crippen LogP contribution >= 0.6 is 11.3 Å². The molecule has 3 rings (SSSR count). The lowest BCUT2D eigenvalue weighted by Gasteiger charge is -2.24. The molecule has 0 spiro atoms. The molecule has 0 amide bonds. The fourth-order valence-electron chi connectivity index (χ4n) is 2.83. The third-order valence-electron chi connectivity index (χ3n) is 4.16. The third kappa shape index (κ3) is 2.83. The second kappa shape index (κ2) is 5.88. The largest absolute Gasteiger partial charge is 0.293 e. The van der Waals surface area contributed by atoms with Crippen molar-refractivity contribution in [1.82, 2.24) is 4.98 Å². The molecule has 0 aliphatic heterocycles. The van der Waals surface area contributed by atoms with E-state index in [-0.39, 0.29) is 5.92 Å². The number of aromatic nitrogens is 1. The average molecular weight is 285 g/mol. The number of nitrogens with zero attached hydrogens (tertiary/aromatic N) is 1. The van der Waals surface area contributed by atoms with Gasteiger partial charge in [0, 0.05) is 17.7 Å². The van der Waals surface area contributed by atoms with Crippen molar-refractivity contribution in [3.63, 3.8) is 0 Å². The Morgan fingerprint density at radius 3 is 2.55 bits per heavy atom. The monoisotopic (exact) mass is 285 g/mol. The van der Waals surface area contributed by atoms with E-state index in [2.05, 4.69) is 11.9 Å². The van der Waals surface area contributed by atoms with Crippen molar-refractivity contribution < 1.29 is 4.79 Å². The first kappa shape index (κ1) is 13.5. The zero-order chi connectivity index (χ0) is 13.9. The molecule has 2 aromatic rings. The molecule has 0 N–H and O–H groups in total. The molecular formula is C17H19NOS. The molecule has 20 heavy (non-hydrogen) atoms. The summed E-state index contributed by atoms with van der Waals surface area (Å²) in [5.74, 6) is 1.30. The maximum atomic E-state index is 12.5. The van der Waals surface area contributed by atoms with Crippen LogP contribution in [0.25, 0.3) is 10.6 Å². The molecule has 2 nitrogen and oxygen atoms in total. The van der Waals surface area contributed by atoms with Crippen LogP contribution in [0, 0.1) is 11.8 Å². The fraction of sp³-hybridized carbons (Fsp3) is 0.412. The smallest absolute Gasteiger partial charge is 0.177 e. The lowest BCUT2D eigenvalue weighted by Crippen LogP contribution is -2.20. The lowest BCUT2D eigenvalue weighted by atomic mass is 9.81. The lowest BCUT2D eigenvalue weighted by molar-refractivity contribution is 0.0880. The molecule has 104 valence electrons. The molecule has 0 radical (unpaired) electrons. The van der Waals surface area contributed by atoms with E-state index in [0.29, 0.717) is 5.78 Å². The van der Waals surface area contributed by atoms with Crippen LogP contribution in [0.4, 0.5) is 0 Å². The zero-order valence-electron chi connectivity index (χ0n) is 11.7. The fourth-order valence-corrected chi connectivity index (χ4v) is 3.77. The molecule has 1 aliphatic rings. The summed E-state index contributed by atoms with van der Waals surface area (Å²) in [5, 5.41) is 0.943. The van der Waals surface area contributed by atoms with Crippen LogP contribution in [0.15, 0.2) is 36.5 Å². The number of Topliss-reactive ketones (excluding diaryl/α,β-unsaturated/α-hetero) is 1. The summed E-state index contributed by atoms with van der Waals surface area (Å²) in [4.78, 5) is 17.8. The number of ketones is 1. The summed E-state index contributed by atoms with van der Waals surface area (Å²) in [5.41, 5.74) is 1.09. The van der Waals surface area contributed by atoms with Crippen LogP contribution in [-0.4, -0.2) is 10.8 Å². The molecule has 0 bridgehead atoms. The minimum absolute atomic E-state index is 0.218. The van der Waals surface area contributed by atoms with Crippen LogP contribution in [0.2, 0.25) is 0 Å². The van der Waals surface area contributed by atoms with Gasteiger partial charge in [-0.15, -0.1) is 11.3 Å². The molecule has 0 saturated heterocycles. The first-order valence-electron chi connectivity index (χ1n) is 7.29. The molecule has 1 heterocycles. The molecule has 1 aliphatic carbocycles. The van der Waals surface area contributed by atoms with Crippen LogP contribution < -0.4 is 0 Å². The summed E-state index contributed by atoms with van der Waals surface area (Å²) in [6.45, 7) is 2.28. The highest BCUT2D eigenvalue weighted by Crippen LogP contribution is 2.33. The molecule has 1 aromatic carbocycles. The van der Waals surface area contributed by atoms with E-state index in [1.165, 1.54) is 24.2 Å². The molecule has 1 fully saturated rings. The van der Waals surface area contributed by atoms with Gasteiger partial charge in [-0.1, -0.05) is 50.1 Å². The molecule has 1 saturated carbocycles. The number of rotatable bonds is 3. The van der Waals surface area contributed by atoms with Crippen LogP contribution in [0.3, 0.4) is 0 Å². The van der Waals surface area contributed by atoms with Gasteiger partial charge in [0.2, 0.25) is 0 Å². The number of carbonyl (C=O) groups is 1. The standard InChI is InChI=1S/C17H19NOS/c1-12-7-9-13(10-8-12)16(19)15-11-18-17(20-15)14-5-3-2-4-6-14/h2-6,11-13H,7-10H2,1H3. The third-order valence-corrected chi connectivity index (χ3v) is 5.22. The number of benzene rings is 1. The van der Waals surface area contributed by atoms with Crippen molar-refractivity contribution in [2.75, 3.05) is 0 Å². The van der Waals surface area contributed by atoms with E-state index in [1.54, 1.807) is 6.20 Å². The first-order valence-corrected chi connectivity index (χ1v) is 8.11. The summed E-state index contributed by atoms with van der Waals surface area (Å²) in [6.07, 6.45) is 6.20. The maximum absolute atomic E-state index is 12.5. The summed E-state index contributed by atoms with van der Waals surface area (Å²) >= 11 is 1.53. The topological polar surface area (TPSA) is 30.0 Å². The van der Waals surface area contributed by atoms with Gasteiger partial charge < -0.3 is 0 Å². The Morgan fingerprint density at radius 2 is 1.85 bits per heavy atom. The van der Waals surface area contributed by atoms with Gasteiger partial charge in [0.25, 0.3) is 0 Å². The SMILES string of the molecule is CC1CCC(C(=O)c2cnc(-c3ccccc3)s2)CC1. The van der Waals surface area contributed by atoms with E-state index in [0.717, 1.165) is 34.2 Å². The summed E-state index contributed by atoms with van der Waals surface area (Å²) < 4.78 is 0. The molecule has 1 aromatic heterocycles. The van der Waals surface area contributed by atoms with Gasteiger partial charge in [-0.25, -0.2) is 4.98 Å². The van der Waals surface area contributed by atoms with Gasteiger partial charge in [0.1, 0.15) is 5.01 Å². The van der Waals surface area contributed by atoms with E-state index < -0.39 is 0 Å². The van der Waals surface area contributed by atoms with Crippen molar-refractivity contribution in [2.24, 2.45) is 11.8 Å². The molecule has 0 atom stereocenters. The first-order chi connectivity index (χ1) is 9.74. The zero-order valence-corrected chi connectivity index (χ0v) is 12.5. The van der Waals surface area contributed by atoms with E-state index >= 15 is 0 Å². The quantitative estimate of drug-likeness (QED) is 0.757. The maximum Gasteiger partial charge on any atom is 0.177 e. The van der Waals surface area contributed by atoms with Crippen molar-refractivity contribution in [2.45, 2.75) is 32.6 Å². The predicted octanol–water partition coefficient (Wildman–Crippen LogP) is 4.82. The van der Waals surface area contributed by atoms with Gasteiger partial charge in [-0.2, -0.15) is 0 Å². The van der Waals surface area contributed by atoms with Crippen LogP contribution in [0.1, 0.15) is 42.3 Å². The molecular weight excluding hydrogens is 266 g/mol. The van der Waals surface area contributed by atoms with Gasteiger partial charge in [0.15, 0.2) is 5.78 Å². The predicted molar refractivity (Wildman–Crippen MR) is 83.0 cm³/mol. The number of thiazole rings is 1. The summed E-state index contributed by atoms with van der Waals surface area (Å²) in [7, 11) is 0. The number of carbonyl (C=O) groups excluding carboxylic acids is 1. The van der Waals surface area contributed by atoms with Crippen LogP contribution in [-0.2, 0) is 0 Å². The van der Waals surface area contributed by atoms with Gasteiger partial charge in [-0.05, 0) is 18.8 Å². The highest BCUT2D eigenvalue weighted by molar-refractivity contribution is 7.17. The highest BCUT2D eigenvalue weighted by atomic mass is 32.1. The van der Waals surface area contributed by atoms with Crippen LogP contribution in [0.5, 0.6) is 0 Å². The van der Waals surface area contributed by atoms with Crippen molar-refractivity contribution in [3.8, 4) is 10.6 Å². The summed E-state index contributed by atoms with van der Waals surface area (Å²) in [6, 6.07) is 10.1. The van der Waals surface area contributed by atoms with Gasteiger partial charge >= 0.3 is 0 Å². The Morgan fingerprint density at radius 1 is 1.15 bits per heavy atom. The normalized spacial score (nSPS) is 22.6. The Bertz CT molecular complexity index is 582. The number of hydrogen-bond acceptors (Lipinski definition) is 3. The van der Waals surface area contributed by atoms with Crippen molar-refractivity contribution in [3.05, 3.63) is 41.4 Å². The van der Waals surface area contributed by atoms with Gasteiger partial charge in [-0.3, -0.25) is 4.79 Å². The minimum atomic E-state index is 0.218. The van der Waals surface area contributed by atoms with Crippen molar-refractivity contribution in [1.29, 1.82) is 0 Å².